The molecule has 10 aromatic carbocycles. The van der Waals surface area contributed by atoms with Gasteiger partial charge in [-0.05, 0) is 91.0 Å². The molecule has 3 heterocycles. The molecule has 1 unspecified atom stereocenters. The van der Waals surface area contributed by atoms with Gasteiger partial charge in [-0.15, -0.1) is 0 Å². The van der Waals surface area contributed by atoms with Crippen molar-refractivity contribution in [3.05, 3.63) is 265 Å². The topological polar surface area (TPSA) is 43.6 Å². The van der Waals surface area contributed by atoms with E-state index in [1.54, 1.807) is 0 Å². The summed E-state index contributed by atoms with van der Waals surface area (Å²) in [7, 11) is 0. The molecule has 0 bridgehead atoms. The first-order valence-electron chi connectivity index (χ1n) is 23.3. The van der Waals surface area contributed by atoms with E-state index in [0.29, 0.717) is 17.5 Å². The van der Waals surface area contributed by atoms with Crippen LogP contribution in [0.25, 0.3) is 106 Å². The molecule has 0 saturated carbocycles. The second-order valence-corrected chi connectivity index (χ2v) is 17.9. The minimum absolute atomic E-state index is 0.628. The van der Waals surface area contributed by atoms with Gasteiger partial charge in [0.05, 0.1) is 22.1 Å². The first-order valence-corrected chi connectivity index (χ1v) is 23.3. The predicted molar refractivity (Wildman–Crippen MR) is 278 cm³/mol. The van der Waals surface area contributed by atoms with Crippen LogP contribution in [0.3, 0.4) is 0 Å². The van der Waals surface area contributed by atoms with Crippen LogP contribution in [0.15, 0.2) is 243 Å². The number of aromatic nitrogens is 4. The van der Waals surface area contributed by atoms with Gasteiger partial charge in [-0.1, -0.05) is 218 Å². The molecule has 0 saturated heterocycles. The van der Waals surface area contributed by atoms with Crippen molar-refractivity contribution in [3.63, 3.8) is 0 Å². The summed E-state index contributed by atoms with van der Waals surface area (Å²) in [6.45, 7) is 0. The molecule has 2 aromatic heterocycles. The third-order valence-corrected chi connectivity index (χ3v) is 14.3. The van der Waals surface area contributed by atoms with Gasteiger partial charge in [0.1, 0.15) is 0 Å². The lowest BCUT2D eigenvalue weighted by Gasteiger charge is -2.39. The zero-order valence-electron chi connectivity index (χ0n) is 36.9. The Bertz CT molecular complexity index is 3950. The second-order valence-electron chi connectivity index (χ2n) is 17.9. The van der Waals surface area contributed by atoms with Crippen LogP contribution < -0.4 is 0 Å². The first-order chi connectivity index (χ1) is 33.7. The fourth-order valence-corrected chi connectivity index (χ4v) is 11.3. The maximum Gasteiger partial charge on any atom is 0.164 e. The summed E-state index contributed by atoms with van der Waals surface area (Å²) < 4.78 is 2.50. The van der Waals surface area contributed by atoms with E-state index >= 15 is 0 Å². The average molecular weight is 865 g/mol. The molecule has 1 aliphatic carbocycles. The van der Waals surface area contributed by atoms with E-state index in [1.165, 1.54) is 72.0 Å². The number of nitrogens with zero attached hydrogens (tertiary/aromatic N) is 4. The van der Waals surface area contributed by atoms with Gasteiger partial charge in [0.2, 0.25) is 0 Å². The molecule has 1 spiro atoms. The van der Waals surface area contributed by atoms with Crippen LogP contribution in [0.1, 0.15) is 22.3 Å². The highest BCUT2D eigenvalue weighted by molar-refractivity contribution is 6.13. The number of rotatable bonds is 6. The maximum atomic E-state index is 5.43. The van der Waals surface area contributed by atoms with Gasteiger partial charge in [-0.25, -0.2) is 15.0 Å². The number of benzene rings is 10. The molecule has 12 aromatic rings. The normalized spacial score (nSPS) is 14.2. The maximum absolute atomic E-state index is 5.43. The molecule has 0 fully saturated rings. The van der Waals surface area contributed by atoms with Crippen LogP contribution in [0.4, 0.5) is 0 Å². The largest absolute Gasteiger partial charge is 0.309 e. The van der Waals surface area contributed by atoms with E-state index in [4.69, 9.17) is 15.0 Å². The summed E-state index contributed by atoms with van der Waals surface area (Å²) in [6, 6.07) is 87.6. The van der Waals surface area contributed by atoms with Crippen molar-refractivity contribution in [1.29, 1.82) is 0 Å². The summed E-state index contributed by atoms with van der Waals surface area (Å²) in [5, 5.41) is 2.50. The van der Waals surface area contributed by atoms with Crippen molar-refractivity contribution in [2.24, 2.45) is 0 Å². The van der Waals surface area contributed by atoms with Crippen molar-refractivity contribution in [3.8, 4) is 84.4 Å². The highest BCUT2D eigenvalue weighted by Gasteiger charge is 2.51. The standard InChI is InChI=1S/C64H40N4/c1-4-17-41(18-5-1)43-33-35-45(36-34-43)62-65-61(44-21-8-3-9-22-44)66-63(67-62)51-27-16-29-55-59(51)52-40-48(47-24-14-23-46(39-47)42-19-6-2-7-20-42)37-38-53(52)64(55)54-28-11-13-32-58(54)68-57-31-12-10-25-49(57)50-26-15-30-56(64)60(50)68/h1-40H. The Kier molecular flexibility index (Phi) is 8.46. The SMILES string of the molecule is c1ccc(-c2ccc(-c3nc(-c4ccccc4)nc(-c4cccc5c4-c4cc(-c6cccc(-c7ccccc7)c6)ccc4C54c5ccccc5-n5c6ccccc6c6cccc4c65)n3)cc2)cc1. The van der Waals surface area contributed by atoms with Crippen molar-refractivity contribution >= 4 is 21.8 Å². The predicted octanol–water partition coefficient (Wildman–Crippen LogP) is 15.6. The molecule has 4 nitrogen and oxygen atoms in total. The van der Waals surface area contributed by atoms with Crippen LogP contribution in [-0.4, -0.2) is 19.5 Å². The van der Waals surface area contributed by atoms with Crippen molar-refractivity contribution in [2.75, 3.05) is 0 Å². The molecule has 14 rings (SSSR count). The fraction of sp³-hybridized carbons (Fsp3) is 0.0156. The lowest BCUT2D eigenvalue weighted by molar-refractivity contribution is 0.748. The van der Waals surface area contributed by atoms with Gasteiger partial charge in [-0.2, -0.15) is 0 Å². The quantitative estimate of drug-likeness (QED) is 0.167. The van der Waals surface area contributed by atoms with Gasteiger partial charge in [0.15, 0.2) is 17.5 Å². The first kappa shape index (κ1) is 38.3. The van der Waals surface area contributed by atoms with E-state index in [0.717, 1.165) is 38.9 Å². The summed E-state index contributed by atoms with van der Waals surface area (Å²) in [4.78, 5) is 16.0. The van der Waals surface area contributed by atoms with Crippen LogP contribution >= 0.6 is 0 Å². The Hall–Kier alpha value is -8.99. The molecule has 2 aliphatic rings. The van der Waals surface area contributed by atoms with Crippen molar-refractivity contribution < 1.29 is 0 Å². The molecular formula is C64H40N4. The zero-order chi connectivity index (χ0) is 44.8. The summed E-state index contributed by atoms with van der Waals surface area (Å²) in [5.41, 5.74) is 20.1. The Morgan fingerprint density at radius 1 is 0.294 bits per heavy atom. The third-order valence-electron chi connectivity index (χ3n) is 14.3. The number of fused-ring (bicyclic) bond motifs is 12. The molecule has 68 heavy (non-hydrogen) atoms. The average Bonchev–Trinajstić information content (AvgIpc) is 3.92. The Labute approximate surface area is 394 Å². The van der Waals surface area contributed by atoms with E-state index < -0.39 is 5.41 Å². The van der Waals surface area contributed by atoms with E-state index in [9.17, 15) is 0 Å². The lowest BCUT2D eigenvalue weighted by atomic mass is 9.65. The highest BCUT2D eigenvalue weighted by Crippen LogP contribution is 2.62. The summed E-state index contributed by atoms with van der Waals surface area (Å²) in [5.74, 6) is 1.89. The Balaban J connectivity index is 1.05. The summed E-state index contributed by atoms with van der Waals surface area (Å²) in [6.07, 6.45) is 0. The fourth-order valence-electron chi connectivity index (χ4n) is 11.3. The van der Waals surface area contributed by atoms with Gasteiger partial charge in [0.25, 0.3) is 0 Å². The number of para-hydroxylation sites is 3. The Morgan fingerprint density at radius 2 is 0.779 bits per heavy atom. The molecule has 0 radical (unpaired) electrons. The molecule has 1 aliphatic heterocycles. The molecule has 0 amide bonds. The highest BCUT2D eigenvalue weighted by atomic mass is 15.0. The van der Waals surface area contributed by atoms with E-state index in [-0.39, 0.29) is 0 Å². The van der Waals surface area contributed by atoms with Crippen LogP contribution in [-0.2, 0) is 5.41 Å². The minimum Gasteiger partial charge on any atom is -0.309 e. The lowest BCUT2D eigenvalue weighted by Crippen LogP contribution is -2.33. The van der Waals surface area contributed by atoms with Gasteiger partial charge in [0, 0.05) is 27.5 Å². The molecule has 1 atom stereocenters. The Morgan fingerprint density at radius 3 is 1.54 bits per heavy atom. The number of hydrogen-bond donors (Lipinski definition) is 0. The van der Waals surface area contributed by atoms with Gasteiger partial charge in [-0.3, -0.25) is 0 Å². The second kappa shape index (κ2) is 15.0. The van der Waals surface area contributed by atoms with Crippen molar-refractivity contribution in [2.45, 2.75) is 5.41 Å². The van der Waals surface area contributed by atoms with E-state index in [1.807, 2.05) is 24.3 Å². The van der Waals surface area contributed by atoms with Crippen LogP contribution in [0, 0.1) is 0 Å². The van der Waals surface area contributed by atoms with Gasteiger partial charge < -0.3 is 4.57 Å². The third kappa shape index (κ3) is 5.64. The zero-order valence-corrected chi connectivity index (χ0v) is 36.9. The molecule has 0 N–H and O–H groups in total. The van der Waals surface area contributed by atoms with E-state index in [2.05, 4.69) is 223 Å². The van der Waals surface area contributed by atoms with Crippen molar-refractivity contribution in [1.82, 2.24) is 19.5 Å². The molecule has 4 heteroatoms. The monoisotopic (exact) mass is 864 g/mol. The van der Waals surface area contributed by atoms with Crippen LogP contribution in [0.5, 0.6) is 0 Å². The smallest absolute Gasteiger partial charge is 0.164 e. The molecular weight excluding hydrogens is 825 g/mol. The minimum atomic E-state index is -0.656. The number of hydrogen-bond acceptors (Lipinski definition) is 3. The summed E-state index contributed by atoms with van der Waals surface area (Å²) >= 11 is 0. The molecule has 316 valence electrons. The van der Waals surface area contributed by atoms with Crippen LogP contribution in [0.2, 0.25) is 0 Å². The van der Waals surface area contributed by atoms with Gasteiger partial charge >= 0.3 is 0 Å².